The summed E-state index contributed by atoms with van der Waals surface area (Å²) in [5.74, 6) is 1.19. The molecular weight excluding hydrogens is 306 g/mol. The van der Waals surface area contributed by atoms with Crippen LogP contribution in [0, 0.1) is 17.0 Å². The molecule has 0 radical (unpaired) electrons. The monoisotopic (exact) mass is 323 g/mol. The molecule has 2 heterocycles. The molecule has 1 unspecified atom stereocenters. The molecule has 3 rings (SSSR count). The smallest absolute Gasteiger partial charge is 0.293 e. The quantitative estimate of drug-likeness (QED) is 0.674. The molecule has 5 nitrogen and oxygen atoms in total. The van der Waals surface area contributed by atoms with Gasteiger partial charge in [-0.05, 0) is 31.6 Å². The van der Waals surface area contributed by atoms with Gasteiger partial charge in [-0.25, -0.2) is 4.98 Å². The lowest BCUT2D eigenvalue weighted by atomic mass is 10.2. The van der Waals surface area contributed by atoms with Gasteiger partial charge in [-0.2, -0.15) is 11.8 Å². The second kappa shape index (κ2) is 6.19. The zero-order valence-corrected chi connectivity index (χ0v) is 13.4. The minimum absolute atomic E-state index is 0.145. The van der Waals surface area contributed by atoms with Crippen molar-refractivity contribution in [3.8, 4) is 0 Å². The maximum atomic E-state index is 11.3. The normalized spacial score (nSPS) is 18.8. The topological polar surface area (TPSA) is 68.1 Å². The first kappa shape index (κ1) is 14.6. The van der Waals surface area contributed by atoms with Gasteiger partial charge in [-0.15, -0.1) is 11.3 Å². The average Bonchev–Trinajstić information content (AvgIpc) is 2.84. The largest absolute Gasteiger partial charge is 0.378 e. The maximum absolute atomic E-state index is 11.3. The highest BCUT2D eigenvalue weighted by Gasteiger charge is 2.19. The molecule has 2 aromatic rings. The number of thiazole rings is 1. The Hall–Kier alpha value is -1.34. The van der Waals surface area contributed by atoms with E-state index in [4.69, 9.17) is 0 Å². The summed E-state index contributed by atoms with van der Waals surface area (Å²) in [7, 11) is 0. The molecule has 0 spiro atoms. The molecule has 112 valence electrons. The van der Waals surface area contributed by atoms with Gasteiger partial charge < -0.3 is 5.32 Å². The van der Waals surface area contributed by atoms with Crippen LogP contribution in [-0.4, -0.2) is 27.5 Å². The van der Waals surface area contributed by atoms with Crippen LogP contribution in [0.15, 0.2) is 12.1 Å². The number of aromatic nitrogens is 1. The van der Waals surface area contributed by atoms with E-state index in [9.17, 15) is 10.1 Å². The second-order valence-electron chi connectivity index (χ2n) is 5.20. The zero-order chi connectivity index (χ0) is 14.8. The molecule has 1 aromatic heterocycles. The van der Waals surface area contributed by atoms with Gasteiger partial charge in [-0.3, -0.25) is 10.1 Å². The fraction of sp³-hybridized carbons (Fsp3) is 0.500. The number of anilines is 1. The van der Waals surface area contributed by atoms with Crippen LogP contribution in [0.3, 0.4) is 0 Å². The van der Waals surface area contributed by atoms with Crippen molar-refractivity contribution in [2.24, 2.45) is 0 Å². The van der Waals surface area contributed by atoms with E-state index in [1.807, 2.05) is 24.8 Å². The molecule has 21 heavy (non-hydrogen) atoms. The van der Waals surface area contributed by atoms with Crippen LogP contribution in [0.2, 0.25) is 0 Å². The van der Waals surface area contributed by atoms with Crippen molar-refractivity contribution < 1.29 is 4.92 Å². The summed E-state index contributed by atoms with van der Waals surface area (Å²) in [5, 5.41) is 16.0. The van der Waals surface area contributed by atoms with Crippen LogP contribution in [0.1, 0.15) is 24.3 Å². The third-order valence-corrected chi connectivity index (χ3v) is 5.94. The Morgan fingerprint density at radius 3 is 3.05 bits per heavy atom. The molecule has 0 amide bonds. The number of nitro benzene ring substituents is 1. The summed E-state index contributed by atoms with van der Waals surface area (Å²) in [5.41, 5.74) is 1.57. The zero-order valence-electron chi connectivity index (χ0n) is 11.8. The average molecular weight is 323 g/mol. The van der Waals surface area contributed by atoms with Crippen molar-refractivity contribution in [3.63, 3.8) is 0 Å². The number of rotatable bonds is 4. The minimum atomic E-state index is -0.315. The van der Waals surface area contributed by atoms with E-state index in [1.165, 1.54) is 36.4 Å². The molecule has 7 heteroatoms. The molecule has 1 fully saturated rings. The molecule has 1 N–H and O–H groups in total. The number of nitrogens with one attached hydrogen (secondary N) is 1. The Morgan fingerprint density at radius 2 is 2.33 bits per heavy atom. The van der Waals surface area contributed by atoms with Crippen molar-refractivity contribution in [3.05, 3.63) is 27.3 Å². The standard InChI is InChI=1S/C14H17N3O2S2/c1-9-16-12-6-11(13(17(18)19)7-14(12)21-9)15-8-10-4-2-3-5-20-10/h6-7,10,15H,2-5,8H2,1H3. The van der Waals surface area contributed by atoms with Crippen molar-refractivity contribution in [2.75, 3.05) is 17.6 Å². The van der Waals surface area contributed by atoms with Crippen LogP contribution in [0.25, 0.3) is 10.2 Å². The van der Waals surface area contributed by atoms with E-state index in [2.05, 4.69) is 10.3 Å². The summed E-state index contributed by atoms with van der Waals surface area (Å²) in [6.45, 7) is 2.70. The molecule has 0 aliphatic carbocycles. The molecule has 1 saturated heterocycles. The lowest BCUT2D eigenvalue weighted by Crippen LogP contribution is -2.20. The van der Waals surface area contributed by atoms with E-state index in [1.54, 1.807) is 6.07 Å². The summed E-state index contributed by atoms with van der Waals surface area (Å²) >= 11 is 3.45. The van der Waals surface area contributed by atoms with E-state index in [-0.39, 0.29) is 10.6 Å². The van der Waals surface area contributed by atoms with Crippen molar-refractivity contribution in [2.45, 2.75) is 31.4 Å². The van der Waals surface area contributed by atoms with Crippen molar-refractivity contribution in [1.82, 2.24) is 4.98 Å². The van der Waals surface area contributed by atoms with Crippen molar-refractivity contribution in [1.29, 1.82) is 0 Å². The highest BCUT2D eigenvalue weighted by Crippen LogP contribution is 2.33. The third-order valence-electron chi connectivity index (χ3n) is 3.60. The van der Waals surface area contributed by atoms with Gasteiger partial charge in [0.15, 0.2) is 0 Å². The Balaban J connectivity index is 1.84. The molecule has 0 bridgehead atoms. The predicted octanol–water partition coefficient (Wildman–Crippen LogP) is 4.21. The molecule has 1 aromatic carbocycles. The second-order valence-corrected chi connectivity index (χ2v) is 7.84. The summed E-state index contributed by atoms with van der Waals surface area (Å²) in [6.07, 6.45) is 3.72. The molecule has 1 aliphatic heterocycles. The first-order valence-electron chi connectivity index (χ1n) is 7.04. The van der Waals surface area contributed by atoms with E-state index in [0.29, 0.717) is 10.9 Å². The van der Waals surface area contributed by atoms with E-state index >= 15 is 0 Å². The van der Waals surface area contributed by atoms with Crippen molar-refractivity contribution >= 4 is 44.7 Å². The Morgan fingerprint density at radius 1 is 1.48 bits per heavy atom. The number of benzene rings is 1. The van der Waals surface area contributed by atoms with Crippen LogP contribution in [0.5, 0.6) is 0 Å². The lowest BCUT2D eigenvalue weighted by molar-refractivity contribution is -0.383. The Labute approximate surface area is 131 Å². The van der Waals surface area contributed by atoms with E-state index < -0.39 is 0 Å². The fourth-order valence-corrected chi connectivity index (χ4v) is 4.64. The SMILES string of the molecule is Cc1nc2cc(NCC3CCCCS3)c([N+](=O)[O-])cc2s1. The lowest BCUT2D eigenvalue weighted by Gasteiger charge is -2.21. The summed E-state index contributed by atoms with van der Waals surface area (Å²) in [4.78, 5) is 15.4. The molecule has 1 atom stereocenters. The van der Waals surface area contributed by atoms with Gasteiger partial charge in [0.1, 0.15) is 5.69 Å². The first-order valence-corrected chi connectivity index (χ1v) is 8.91. The third kappa shape index (κ3) is 3.29. The first-order chi connectivity index (χ1) is 10.1. The van der Waals surface area contributed by atoms with Gasteiger partial charge in [0, 0.05) is 17.9 Å². The minimum Gasteiger partial charge on any atom is -0.378 e. The van der Waals surface area contributed by atoms with Gasteiger partial charge in [-0.1, -0.05) is 6.42 Å². The fourth-order valence-electron chi connectivity index (χ4n) is 2.56. The van der Waals surface area contributed by atoms with E-state index in [0.717, 1.165) is 21.8 Å². The van der Waals surface area contributed by atoms with Crippen LogP contribution in [-0.2, 0) is 0 Å². The number of thioether (sulfide) groups is 1. The Kier molecular flexibility index (Phi) is 4.30. The summed E-state index contributed by atoms with van der Waals surface area (Å²) < 4.78 is 0.872. The maximum Gasteiger partial charge on any atom is 0.293 e. The number of fused-ring (bicyclic) bond motifs is 1. The van der Waals surface area contributed by atoms with Crippen LogP contribution in [0.4, 0.5) is 11.4 Å². The highest BCUT2D eigenvalue weighted by atomic mass is 32.2. The predicted molar refractivity (Wildman–Crippen MR) is 89.6 cm³/mol. The van der Waals surface area contributed by atoms with Gasteiger partial charge >= 0.3 is 0 Å². The number of nitro groups is 1. The molecule has 0 saturated carbocycles. The highest BCUT2D eigenvalue weighted by molar-refractivity contribution is 7.99. The van der Waals surface area contributed by atoms with Crippen LogP contribution < -0.4 is 5.32 Å². The molecule has 1 aliphatic rings. The van der Waals surface area contributed by atoms with Crippen LogP contribution >= 0.6 is 23.1 Å². The van der Waals surface area contributed by atoms with Gasteiger partial charge in [0.05, 0.1) is 20.1 Å². The summed E-state index contributed by atoms with van der Waals surface area (Å²) in [6, 6.07) is 3.45. The number of hydrogen-bond acceptors (Lipinski definition) is 6. The Bertz CT molecular complexity index is 666. The number of nitrogens with zero attached hydrogens (tertiary/aromatic N) is 2. The van der Waals surface area contributed by atoms with Gasteiger partial charge in [0.25, 0.3) is 5.69 Å². The molecular formula is C14H17N3O2S2. The number of hydrogen-bond donors (Lipinski definition) is 1. The number of aryl methyl sites for hydroxylation is 1. The van der Waals surface area contributed by atoms with Gasteiger partial charge in [0.2, 0.25) is 0 Å².